The van der Waals surface area contributed by atoms with Crippen molar-refractivity contribution in [2.45, 2.75) is 13.8 Å². The Balaban J connectivity index is 2.26. The van der Waals surface area contributed by atoms with Crippen LogP contribution < -0.4 is 15.4 Å². The molecule has 0 amide bonds. The van der Waals surface area contributed by atoms with Gasteiger partial charge in [0.15, 0.2) is 0 Å². The third-order valence-corrected chi connectivity index (χ3v) is 3.04. The SMILES string of the molecule is CCNc1nc(Nc2ccc(Br)c(F)c2)nc(OCC)n1. The van der Waals surface area contributed by atoms with Gasteiger partial charge in [-0.2, -0.15) is 15.0 Å². The third kappa shape index (κ3) is 4.25. The summed E-state index contributed by atoms with van der Waals surface area (Å²) in [5, 5.41) is 5.92. The standard InChI is InChI=1S/C13H15BrFN5O/c1-3-16-11-18-12(20-13(19-11)21-4-2)17-8-5-6-9(14)10(15)7-8/h5-7H,3-4H2,1-2H3,(H2,16,17,18,19,20). The average Bonchev–Trinajstić information content (AvgIpc) is 2.43. The van der Waals surface area contributed by atoms with E-state index in [0.717, 1.165) is 0 Å². The molecule has 6 nitrogen and oxygen atoms in total. The topological polar surface area (TPSA) is 72.0 Å². The molecule has 0 saturated carbocycles. The molecule has 2 rings (SSSR count). The Morgan fingerprint density at radius 1 is 1.19 bits per heavy atom. The minimum absolute atomic E-state index is 0.212. The Labute approximate surface area is 130 Å². The number of ether oxygens (including phenoxy) is 1. The lowest BCUT2D eigenvalue weighted by atomic mass is 10.3. The fourth-order valence-corrected chi connectivity index (χ4v) is 1.79. The number of rotatable bonds is 6. The molecule has 0 unspecified atom stereocenters. The monoisotopic (exact) mass is 355 g/mol. The first-order chi connectivity index (χ1) is 10.1. The van der Waals surface area contributed by atoms with Crippen LogP contribution in [-0.4, -0.2) is 28.1 Å². The molecule has 0 atom stereocenters. The molecule has 0 fully saturated rings. The number of halogens is 2. The van der Waals surface area contributed by atoms with Crippen molar-refractivity contribution in [3.63, 3.8) is 0 Å². The minimum Gasteiger partial charge on any atom is -0.464 e. The zero-order valence-corrected chi connectivity index (χ0v) is 13.2. The second-order valence-electron chi connectivity index (χ2n) is 3.98. The molecule has 112 valence electrons. The smallest absolute Gasteiger partial charge is 0.323 e. The van der Waals surface area contributed by atoms with Crippen LogP contribution >= 0.6 is 15.9 Å². The van der Waals surface area contributed by atoms with E-state index >= 15 is 0 Å². The lowest BCUT2D eigenvalue weighted by Crippen LogP contribution is -2.09. The van der Waals surface area contributed by atoms with Crippen molar-refractivity contribution in [3.05, 3.63) is 28.5 Å². The van der Waals surface area contributed by atoms with Gasteiger partial charge in [0.1, 0.15) is 5.82 Å². The van der Waals surface area contributed by atoms with E-state index in [1.54, 1.807) is 12.1 Å². The number of benzene rings is 1. The van der Waals surface area contributed by atoms with Crippen LogP contribution in [0.2, 0.25) is 0 Å². The zero-order chi connectivity index (χ0) is 15.2. The van der Waals surface area contributed by atoms with Crippen molar-refractivity contribution in [2.75, 3.05) is 23.8 Å². The van der Waals surface area contributed by atoms with Crippen molar-refractivity contribution in [2.24, 2.45) is 0 Å². The van der Waals surface area contributed by atoms with Crippen molar-refractivity contribution in [1.29, 1.82) is 0 Å². The van der Waals surface area contributed by atoms with Crippen molar-refractivity contribution >= 4 is 33.5 Å². The molecule has 2 N–H and O–H groups in total. The quantitative estimate of drug-likeness (QED) is 0.827. The summed E-state index contributed by atoms with van der Waals surface area (Å²) in [6.45, 7) is 4.89. The Kier molecular flexibility index (Phi) is 5.26. The summed E-state index contributed by atoms with van der Waals surface area (Å²) in [5.74, 6) is 0.313. The van der Waals surface area contributed by atoms with E-state index in [9.17, 15) is 4.39 Å². The van der Waals surface area contributed by atoms with Gasteiger partial charge in [0.05, 0.1) is 11.1 Å². The molecule has 1 aromatic heterocycles. The second kappa shape index (κ2) is 7.16. The highest BCUT2D eigenvalue weighted by Gasteiger charge is 2.08. The summed E-state index contributed by atoms with van der Waals surface area (Å²) in [6, 6.07) is 4.88. The Bertz CT molecular complexity index is 601. The molecule has 0 radical (unpaired) electrons. The zero-order valence-electron chi connectivity index (χ0n) is 11.7. The van der Waals surface area contributed by atoms with Crippen LogP contribution in [0.25, 0.3) is 0 Å². The highest BCUT2D eigenvalue weighted by Crippen LogP contribution is 2.22. The van der Waals surface area contributed by atoms with Crippen LogP contribution in [0.3, 0.4) is 0 Å². The van der Waals surface area contributed by atoms with Crippen molar-refractivity contribution < 1.29 is 9.13 Å². The van der Waals surface area contributed by atoms with E-state index in [4.69, 9.17) is 4.74 Å². The molecular weight excluding hydrogens is 341 g/mol. The van der Waals surface area contributed by atoms with Crippen LogP contribution in [0.4, 0.5) is 22.0 Å². The summed E-state index contributed by atoms with van der Waals surface area (Å²) >= 11 is 3.11. The molecule has 8 heteroatoms. The maximum Gasteiger partial charge on any atom is 0.323 e. The summed E-state index contributed by atoms with van der Waals surface area (Å²) < 4.78 is 19.2. The molecule has 0 bridgehead atoms. The highest BCUT2D eigenvalue weighted by atomic mass is 79.9. The molecular formula is C13H15BrFN5O. The second-order valence-corrected chi connectivity index (χ2v) is 4.84. The Hall–Kier alpha value is -1.96. The summed E-state index contributed by atoms with van der Waals surface area (Å²) in [7, 11) is 0. The van der Waals surface area contributed by atoms with Gasteiger partial charge in [-0.05, 0) is 48.0 Å². The number of hydrogen-bond acceptors (Lipinski definition) is 6. The molecule has 1 aromatic carbocycles. The van der Waals surface area contributed by atoms with Crippen LogP contribution in [0.15, 0.2) is 22.7 Å². The van der Waals surface area contributed by atoms with E-state index in [0.29, 0.717) is 29.3 Å². The largest absolute Gasteiger partial charge is 0.464 e. The molecule has 2 aromatic rings. The Morgan fingerprint density at radius 2 is 1.95 bits per heavy atom. The summed E-state index contributed by atoms with van der Waals surface area (Å²) in [4.78, 5) is 12.4. The van der Waals surface area contributed by atoms with Crippen LogP contribution in [0.1, 0.15) is 13.8 Å². The van der Waals surface area contributed by atoms with Gasteiger partial charge in [0.2, 0.25) is 11.9 Å². The number of hydrogen-bond donors (Lipinski definition) is 2. The van der Waals surface area contributed by atoms with Crippen LogP contribution in [-0.2, 0) is 0 Å². The number of anilines is 3. The average molecular weight is 356 g/mol. The maximum atomic E-state index is 13.5. The number of nitrogens with zero attached hydrogens (tertiary/aromatic N) is 3. The van der Waals surface area contributed by atoms with Gasteiger partial charge in [-0.3, -0.25) is 0 Å². The molecule has 1 heterocycles. The highest BCUT2D eigenvalue weighted by molar-refractivity contribution is 9.10. The lowest BCUT2D eigenvalue weighted by molar-refractivity contribution is 0.312. The van der Waals surface area contributed by atoms with Crippen molar-refractivity contribution in [3.8, 4) is 6.01 Å². The van der Waals surface area contributed by atoms with Gasteiger partial charge < -0.3 is 15.4 Å². The first-order valence-corrected chi connectivity index (χ1v) is 7.26. The summed E-state index contributed by atoms with van der Waals surface area (Å²) in [6.07, 6.45) is 0. The number of aromatic nitrogens is 3. The predicted molar refractivity (Wildman–Crippen MR) is 82.5 cm³/mol. The molecule has 0 saturated heterocycles. The lowest BCUT2D eigenvalue weighted by Gasteiger charge is -2.09. The summed E-state index contributed by atoms with van der Waals surface area (Å²) in [5.41, 5.74) is 0.534. The maximum absolute atomic E-state index is 13.5. The Morgan fingerprint density at radius 3 is 2.62 bits per heavy atom. The van der Waals surface area contributed by atoms with Gasteiger partial charge in [0, 0.05) is 12.2 Å². The fraction of sp³-hybridized carbons (Fsp3) is 0.308. The van der Waals surface area contributed by atoms with Crippen LogP contribution in [0.5, 0.6) is 6.01 Å². The van der Waals surface area contributed by atoms with Gasteiger partial charge in [-0.1, -0.05) is 0 Å². The molecule has 21 heavy (non-hydrogen) atoms. The van der Waals surface area contributed by atoms with E-state index in [2.05, 4.69) is 41.5 Å². The predicted octanol–water partition coefficient (Wildman–Crippen LogP) is 3.35. The first kappa shape index (κ1) is 15.4. The van der Waals surface area contributed by atoms with Gasteiger partial charge in [0.25, 0.3) is 0 Å². The molecule has 0 spiro atoms. The molecule has 0 aliphatic heterocycles. The van der Waals surface area contributed by atoms with E-state index in [1.165, 1.54) is 6.07 Å². The van der Waals surface area contributed by atoms with Gasteiger partial charge in [-0.25, -0.2) is 4.39 Å². The van der Waals surface area contributed by atoms with E-state index in [-0.39, 0.29) is 17.8 Å². The molecule has 0 aliphatic carbocycles. The van der Waals surface area contributed by atoms with E-state index in [1.807, 2.05) is 13.8 Å². The van der Waals surface area contributed by atoms with Crippen molar-refractivity contribution in [1.82, 2.24) is 15.0 Å². The van der Waals surface area contributed by atoms with Gasteiger partial charge in [-0.15, -0.1) is 0 Å². The third-order valence-electron chi connectivity index (χ3n) is 2.40. The number of nitrogens with one attached hydrogen (secondary N) is 2. The van der Waals surface area contributed by atoms with E-state index < -0.39 is 0 Å². The first-order valence-electron chi connectivity index (χ1n) is 6.47. The fourth-order valence-electron chi connectivity index (χ4n) is 1.55. The normalized spacial score (nSPS) is 10.3. The minimum atomic E-state index is -0.369. The van der Waals surface area contributed by atoms with Crippen LogP contribution in [0, 0.1) is 5.82 Å². The van der Waals surface area contributed by atoms with Gasteiger partial charge >= 0.3 is 6.01 Å². The molecule has 0 aliphatic rings.